The van der Waals surface area contributed by atoms with Crippen molar-refractivity contribution in [3.05, 3.63) is 83.4 Å². The number of aromatic hydroxyl groups is 1. The number of methoxy groups -OCH3 is 2. The van der Waals surface area contributed by atoms with Gasteiger partial charge in [0.05, 0.1) is 19.8 Å². The van der Waals surface area contributed by atoms with Crippen LogP contribution in [0.2, 0.25) is 0 Å². The number of amides is 1. The van der Waals surface area contributed by atoms with Crippen molar-refractivity contribution in [1.82, 2.24) is 9.80 Å². The summed E-state index contributed by atoms with van der Waals surface area (Å²) < 4.78 is 10.7. The molecule has 0 unspecified atom stereocenters. The number of benzene rings is 3. The van der Waals surface area contributed by atoms with Crippen LogP contribution in [-0.2, 0) is 6.54 Å². The van der Waals surface area contributed by atoms with E-state index in [4.69, 9.17) is 9.47 Å². The first-order chi connectivity index (χ1) is 17.6. The Kier molecular flexibility index (Phi) is 6.82. The van der Waals surface area contributed by atoms with Gasteiger partial charge in [-0.3, -0.25) is 9.69 Å². The Morgan fingerprint density at radius 2 is 1.69 bits per heavy atom. The zero-order valence-electron chi connectivity index (χ0n) is 20.7. The highest BCUT2D eigenvalue weighted by molar-refractivity contribution is 5.95. The molecule has 0 aromatic heterocycles. The Morgan fingerprint density at radius 3 is 2.42 bits per heavy atom. The maximum Gasteiger partial charge on any atom is 0.253 e. The summed E-state index contributed by atoms with van der Waals surface area (Å²) in [7, 11) is 3.14. The summed E-state index contributed by atoms with van der Waals surface area (Å²) in [5.41, 5.74) is 4.86. The van der Waals surface area contributed by atoms with Crippen molar-refractivity contribution >= 4 is 23.4 Å². The van der Waals surface area contributed by atoms with Gasteiger partial charge in [-0.25, -0.2) is 0 Å². The molecule has 7 heteroatoms. The highest BCUT2D eigenvalue weighted by atomic mass is 16.5. The molecule has 0 radical (unpaired) electrons. The Labute approximate surface area is 211 Å². The number of hydrogen-bond donors (Lipinski definition) is 1. The average molecular weight is 486 g/mol. The molecule has 2 aliphatic heterocycles. The number of nitrogens with zero attached hydrogens (tertiary/aromatic N) is 3. The van der Waals surface area contributed by atoms with E-state index in [2.05, 4.69) is 40.2 Å². The van der Waals surface area contributed by atoms with Crippen molar-refractivity contribution in [3.8, 4) is 17.2 Å². The summed E-state index contributed by atoms with van der Waals surface area (Å²) >= 11 is 0. The monoisotopic (exact) mass is 485 g/mol. The molecule has 2 heterocycles. The summed E-state index contributed by atoms with van der Waals surface area (Å²) in [6.07, 6.45) is 4.30. The molecule has 1 fully saturated rings. The van der Waals surface area contributed by atoms with Crippen LogP contribution >= 0.6 is 0 Å². The summed E-state index contributed by atoms with van der Waals surface area (Å²) in [4.78, 5) is 19.6. The lowest BCUT2D eigenvalue weighted by atomic mass is 10.1. The van der Waals surface area contributed by atoms with Crippen LogP contribution in [0.1, 0.15) is 21.5 Å². The molecule has 3 aromatic carbocycles. The van der Waals surface area contributed by atoms with E-state index in [1.165, 1.54) is 11.3 Å². The SMILES string of the molecule is COc1cc(O)c(CN2CCN(C(=O)c3ccc(N4CC=Cc5ccccc54)cc3)CC2)c(OC)c1. The van der Waals surface area contributed by atoms with Gasteiger partial charge in [-0.15, -0.1) is 0 Å². The van der Waals surface area contributed by atoms with E-state index in [0.717, 1.165) is 30.9 Å². The molecule has 0 saturated carbocycles. The van der Waals surface area contributed by atoms with Crippen LogP contribution in [0.4, 0.5) is 11.4 Å². The van der Waals surface area contributed by atoms with Gasteiger partial charge in [0.15, 0.2) is 0 Å². The number of fused-ring (bicyclic) bond motifs is 1. The van der Waals surface area contributed by atoms with Gasteiger partial charge in [-0.05, 0) is 35.9 Å². The minimum atomic E-state index is 0.0463. The smallest absolute Gasteiger partial charge is 0.253 e. The molecular weight excluding hydrogens is 454 g/mol. The normalized spacial score (nSPS) is 15.5. The van der Waals surface area contributed by atoms with Gasteiger partial charge < -0.3 is 24.4 Å². The Bertz CT molecular complexity index is 1260. The van der Waals surface area contributed by atoms with Gasteiger partial charge in [-0.1, -0.05) is 30.4 Å². The topological polar surface area (TPSA) is 65.5 Å². The number of carbonyl (C=O) groups excluding carboxylic acids is 1. The minimum absolute atomic E-state index is 0.0463. The number of phenols is 1. The first kappa shape index (κ1) is 23.8. The number of anilines is 2. The molecule has 36 heavy (non-hydrogen) atoms. The molecule has 1 saturated heterocycles. The first-order valence-corrected chi connectivity index (χ1v) is 12.2. The molecular formula is C29H31N3O4. The fourth-order valence-corrected chi connectivity index (χ4v) is 4.87. The number of carbonyl (C=O) groups is 1. The lowest BCUT2D eigenvalue weighted by Gasteiger charge is -2.35. The average Bonchev–Trinajstić information content (AvgIpc) is 2.93. The summed E-state index contributed by atoms with van der Waals surface area (Å²) in [6, 6.07) is 19.6. The Morgan fingerprint density at radius 1 is 0.944 bits per heavy atom. The van der Waals surface area contributed by atoms with Crippen LogP contribution < -0.4 is 14.4 Å². The van der Waals surface area contributed by atoms with Crippen LogP contribution in [0, 0.1) is 0 Å². The second-order valence-electron chi connectivity index (χ2n) is 9.01. The van der Waals surface area contributed by atoms with Crippen molar-refractivity contribution in [2.45, 2.75) is 6.54 Å². The highest BCUT2D eigenvalue weighted by Crippen LogP contribution is 2.35. The standard InChI is InChI=1S/C29H31N3O4/c1-35-24-18-27(33)25(28(19-24)36-2)20-30-14-16-31(17-15-30)29(34)22-9-11-23(12-10-22)32-13-5-7-21-6-3-4-8-26(21)32/h3-12,18-19,33H,13-17,20H2,1-2H3. The Hall–Kier alpha value is -3.97. The third-order valence-corrected chi connectivity index (χ3v) is 6.89. The van der Waals surface area contributed by atoms with Crippen LogP contribution in [-0.4, -0.2) is 67.8 Å². The van der Waals surface area contributed by atoms with E-state index in [1.54, 1.807) is 26.4 Å². The lowest BCUT2D eigenvalue weighted by Crippen LogP contribution is -2.48. The number of piperazine rings is 1. The maximum atomic E-state index is 13.2. The van der Waals surface area contributed by atoms with Crippen molar-refractivity contribution < 1.29 is 19.4 Å². The van der Waals surface area contributed by atoms with Crippen molar-refractivity contribution in [2.75, 3.05) is 51.8 Å². The van der Waals surface area contributed by atoms with Crippen molar-refractivity contribution in [2.24, 2.45) is 0 Å². The largest absolute Gasteiger partial charge is 0.507 e. The van der Waals surface area contributed by atoms with Crippen LogP contribution in [0.5, 0.6) is 17.2 Å². The summed E-state index contributed by atoms with van der Waals surface area (Å²) in [5.74, 6) is 1.34. The zero-order valence-corrected chi connectivity index (χ0v) is 20.7. The van der Waals surface area contributed by atoms with Crippen LogP contribution in [0.3, 0.4) is 0 Å². The van der Waals surface area contributed by atoms with Crippen LogP contribution in [0.25, 0.3) is 6.08 Å². The Balaban J connectivity index is 1.21. The van der Waals surface area contributed by atoms with Gasteiger partial charge in [0, 0.05) is 68.3 Å². The quantitative estimate of drug-likeness (QED) is 0.553. The molecule has 1 amide bonds. The minimum Gasteiger partial charge on any atom is -0.507 e. The summed E-state index contributed by atoms with van der Waals surface area (Å²) in [6.45, 7) is 4.04. The second-order valence-corrected chi connectivity index (χ2v) is 9.01. The molecule has 186 valence electrons. The second kappa shape index (κ2) is 10.3. The predicted molar refractivity (Wildman–Crippen MR) is 141 cm³/mol. The third kappa shape index (κ3) is 4.75. The lowest BCUT2D eigenvalue weighted by molar-refractivity contribution is 0.0626. The zero-order chi connectivity index (χ0) is 25.1. The van der Waals surface area contributed by atoms with E-state index in [1.807, 2.05) is 35.2 Å². The van der Waals surface area contributed by atoms with Crippen molar-refractivity contribution in [3.63, 3.8) is 0 Å². The molecule has 0 atom stereocenters. The van der Waals surface area contributed by atoms with Gasteiger partial charge >= 0.3 is 0 Å². The number of ether oxygens (including phenoxy) is 2. The molecule has 0 spiro atoms. The fraction of sp³-hybridized carbons (Fsp3) is 0.276. The van der Waals surface area contributed by atoms with Gasteiger partial charge in [0.1, 0.15) is 17.2 Å². The molecule has 5 rings (SSSR count). The summed E-state index contributed by atoms with van der Waals surface area (Å²) in [5, 5.41) is 10.5. The van der Waals surface area contributed by atoms with E-state index in [9.17, 15) is 9.90 Å². The first-order valence-electron chi connectivity index (χ1n) is 12.2. The molecule has 2 aliphatic rings. The van der Waals surface area contributed by atoms with E-state index in [0.29, 0.717) is 36.7 Å². The van der Waals surface area contributed by atoms with Gasteiger partial charge in [0.25, 0.3) is 5.91 Å². The van der Waals surface area contributed by atoms with E-state index in [-0.39, 0.29) is 11.7 Å². The van der Waals surface area contributed by atoms with E-state index >= 15 is 0 Å². The molecule has 0 aliphatic carbocycles. The van der Waals surface area contributed by atoms with E-state index < -0.39 is 0 Å². The number of para-hydroxylation sites is 1. The van der Waals surface area contributed by atoms with Gasteiger partial charge in [0.2, 0.25) is 0 Å². The van der Waals surface area contributed by atoms with Crippen LogP contribution in [0.15, 0.2) is 66.7 Å². The molecule has 0 bridgehead atoms. The third-order valence-electron chi connectivity index (χ3n) is 6.89. The number of rotatable bonds is 6. The number of hydrogen-bond acceptors (Lipinski definition) is 6. The molecule has 7 nitrogen and oxygen atoms in total. The number of phenolic OH excluding ortho intramolecular Hbond substituents is 1. The fourth-order valence-electron chi connectivity index (χ4n) is 4.87. The van der Waals surface area contributed by atoms with Gasteiger partial charge in [-0.2, -0.15) is 0 Å². The predicted octanol–water partition coefficient (Wildman–Crippen LogP) is 4.53. The highest BCUT2D eigenvalue weighted by Gasteiger charge is 2.24. The molecule has 3 aromatic rings. The molecule has 1 N–H and O–H groups in total. The van der Waals surface area contributed by atoms with Crippen molar-refractivity contribution in [1.29, 1.82) is 0 Å². The maximum absolute atomic E-state index is 13.2.